The number of carbonyl (C=O) groups is 1. The Balaban J connectivity index is 1.46. The number of hydrogen-bond acceptors (Lipinski definition) is 5. The third kappa shape index (κ3) is 6.69. The summed E-state index contributed by atoms with van der Waals surface area (Å²) < 4.78 is 13.0. The maximum atomic E-state index is 12.2. The van der Waals surface area contributed by atoms with Gasteiger partial charge in [0.1, 0.15) is 11.5 Å². The Bertz CT molecular complexity index is 1330. The number of methoxy groups -OCH3 is 2. The van der Waals surface area contributed by atoms with Crippen LogP contribution in [0.25, 0.3) is 22.5 Å². The number of benzene rings is 3. The summed E-state index contributed by atoms with van der Waals surface area (Å²) in [5.74, 6) is 2.45. The number of thioether (sulfide) groups is 1. The molecule has 0 bridgehead atoms. The zero-order valence-corrected chi connectivity index (χ0v) is 23.1. The minimum Gasteiger partial charge on any atom is -0.497 e. The van der Waals surface area contributed by atoms with E-state index in [1.807, 2.05) is 67.6 Å². The van der Waals surface area contributed by atoms with Gasteiger partial charge in [0.15, 0.2) is 5.16 Å². The molecule has 2 amide bonds. The van der Waals surface area contributed by atoms with Gasteiger partial charge in [0.2, 0.25) is 0 Å². The average Bonchev–Trinajstić information content (AvgIpc) is 3.32. The van der Waals surface area contributed by atoms with Gasteiger partial charge >= 0.3 is 6.03 Å². The highest BCUT2D eigenvalue weighted by Crippen LogP contribution is 2.37. The molecular weight excluding hydrogens is 496 g/mol. The Kier molecular flexibility index (Phi) is 9.32. The molecule has 0 spiro atoms. The van der Waals surface area contributed by atoms with Crippen molar-refractivity contribution in [1.82, 2.24) is 14.9 Å². The number of aromatic nitrogens is 2. The zero-order chi connectivity index (χ0) is 26.9. The summed E-state index contributed by atoms with van der Waals surface area (Å²) in [5, 5.41) is 6.76. The minimum atomic E-state index is -0.197. The highest BCUT2D eigenvalue weighted by molar-refractivity contribution is 7.99. The van der Waals surface area contributed by atoms with Gasteiger partial charge in [-0.25, -0.2) is 9.78 Å². The van der Waals surface area contributed by atoms with Crippen LogP contribution < -0.4 is 20.1 Å². The van der Waals surface area contributed by atoms with E-state index in [9.17, 15) is 4.79 Å². The van der Waals surface area contributed by atoms with Gasteiger partial charge in [-0.1, -0.05) is 29.5 Å². The van der Waals surface area contributed by atoms with Crippen LogP contribution in [0.4, 0.5) is 10.5 Å². The summed E-state index contributed by atoms with van der Waals surface area (Å²) in [7, 11) is 3.34. The number of nitrogens with zero attached hydrogens (tertiary/aromatic N) is 2. The molecule has 0 atom stereocenters. The molecule has 0 aliphatic rings. The van der Waals surface area contributed by atoms with Crippen molar-refractivity contribution in [2.24, 2.45) is 0 Å². The van der Waals surface area contributed by atoms with Gasteiger partial charge < -0.3 is 24.7 Å². The third-order valence-electron chi connectivity index (χ3n) is 6.12. The molecule has 7 nitrogen and oxygen atoms in total. The molecule has 38 heavy (non-hydrogen) atoms. The Hall–Kier alpha value is -3.91. The largest absolute Gasteiger partial charge is 0.497 e. The number of hydrogen-bond donors (Lipinski definition) is 2. The first kappa shape index (κ1) is 27.1. The Morgan fingerprint density at radius 2 is 1.50 bits per heavy atom. The maximum absolute atomic E-state index is 12.2. The summed E-state index contributed by atoms with van der Waals surface area (Å²) in [4.78, 5) is 17.3. The second kappa shape index (κ2) is 13.1. The Morgan fingerprint density at radius 1 is 0.895 bits per heavy atom. The van der Waals surface area contributed by atoms with Gasteiger partial charge in [-0.15, -0.1) is 0 Å². The van der Waals surface area contributed by atoms with E-state index in [-0.39, 0.29) is 6.03 Å². The summed E-state index contributed by atoms with van der Waals surface area (Å²) in [6, 6.07) is 23.6. The molecule has 4 aromatic rings. The smallest absolute Gasteiger partial charge is 0.319 e. The molecule has 4 rings (SSSR count). The fourth-order valence-corrected chi connectivity index (χ4v) is 5.08. The van der Waals surface area contributed by atoms with E-state index >= 15 is 0 Å². The third-order valence-corrected chi connectivity index (χ3v) is 7.19. The highest BCUT2D eigenvalue weighted by Gasteiger charge is 2.20. The van der Waals surface area contributed by atoms with E-state index in [1.54, 1.807) is 26.0 Å². The Labute approximate surface area is 228 Å². The predicted octanol–water partition coefficient (Wildman–Crippen LogP) is 6.87. The molecule has 0 aliphatic carbocycles. The molecule has 0 saturated heterocycles. The molecule has 0 fully saturated rings. The highest BCUT2D eigenvalue weighted by atomic mass is 32.2. The fraction of sp³-hybridized carbons (Fsp3) is 0.267. The summed E-state index contributed by atoms with van der Waals surface area (Å²) in [5.41, 5.74) is 6.04. The molecule has 3 aromatic carbocycles. The van der Waals surface area contributed by atoms with Crippen LogP contribution in [-0.2, 0) is 6.54 Å². The second-order valence-corrected chi connectivity index (χ2v) is 9.80. The monoisotopic (exact) mass is 530 g/mol. The molecular formula is C30H34N4O3S. The van der Waals surface area contributed by atoms with Crippen LogP contribution in [0.15, 0.2) is 78.0 Å². The fourth-order valence-electron chi connectivity index (χ4n) is 4.08. The van der Waals surface area contributed by atoms with Crippen LogP contribution in [0, 0.1) is 6.92 Å². The van der Waals surface area contributed by atoms with E-state index in [1.165, 1.54) is 0 Å². The lowest BCUT2D eigenvalue weighted by molar-refractivity contribution is 0.252. The predicted molar refractivity (Wildman–Crippen MR) is 155 cm³/mol. The minimum absolute atomic E-state index is 0.197. The van der Waals surface area contributed by atoms with E-state index in [0.29, 0.717) is 6.54 Å². The number of imidazole rings is 1. The number of aryl methyl sites for hydroxylation is 1. The lowest BCUT2D eigenvalue weighted by atomic mass is 10.0. The van der Waals surface area contributed by atoms with Crippen molar-refractivity contribution >= 4 is 23.5 Å². The van der Waals surface area contributed by atoms with Gasteiger partial charge in [-0.2, -0.15) is 0 Å². The van der Waals surface area contributed by atoms with Crippen LogP contribution in [-0.4, -0.2) is 42.1 Å². The van der Waals surface area contributed by atoms with Crippen molar-refractivity contribution in [2.45, 2.75) is 32.0 Å². The summed E-state index contributed by atoms with van der Waals surface area (Å²) in [6.45, 7) is 5.51. The zero-order valence-electron chi connectivity index (χ0n) is 22.3. The maximum Gasteiger partial charge on any atom is 0.319 e. The van der Waals surface area contributed by atoms with E-state index < -0.39 is 0 Å². The van der Waals surface area contributed by atoms with Gasteiger partial charge in [0, 0.05) is 35.7 Å². The quantitative estimate of drug-likeness (QED) is 0.164. The van der Waals surface area contributed by atoms with E-state index in [4.69, 9.17) is 14.5 Å². The summed E-state index contributed by atoms with van der Waals surface area (Å²) in [6.07, 6.45) is 0.818. The molecule has 0 radical (unpaired) electrons. The lowest BCUT2D eigenvalue weighted by Gasteiger charge is -2.12. The van der Waals surface area contributed by atoms with E-state index in [0.717, 1.165) is 69.1 Å². The number of ether oxygens (including phenoxy) is 2. The molecule has 1 heterocycles. The molecule has 1 aromatic heterocycles. The van der Waals surface area contributed by atoms with Gasteiger partial charge in [0.05, 0.1) is 25.6 Å². The number of carbonyl (C=O) groups excluding carboxylic acids is 1. The van der Waals surface area contributed by atoms with Gasteiger partial charge in [0.25, 0.3) is 0 Å². The molecule has 0 unspecified atom stereocenters. The molecule has 0 saturated carbocycles. The van der Waals surface area contributed by atoms with Crippen LogP contribution in [0.5, 0.6) is 11.5 Å². The summed E-state index contributed by atoms with van der Waals surface area (Å²) >= 11 is 1.70. The number of nitrogens with one attached hydrogen (secondary N) is 2. The molecule has 2 N–H and O–H groups in total. The molecule has 198 valence electrons. The first-order chi connectivity index (χ1) is 18.5. The van der Waals surface area contributed by atoms with Crippen molar-refractivity contribution in [1.29, 1.82) is 0 Å². The van der Waals surface area contributed by atoms with Crippen molar-refractivity contribution in [3.8, 4) is 34.0 Å². The number of urea groups is 1. The first-order valence-electron chi connectivity index (χ1n) is 12.7. The van der Waals surface area contributed by atoms with Crippen molar-refractivity contribution in [3.05, 3.63) is 78.4 Å². The van der Waals surface area contributed by atoms with Crippen LogP contribution in [0.3, 0.4) is 0 Å². The van der Waals surface area contributed by atoms with Crippen LogP contribution >= 0.6 is 11.8 Å². The standard InChI is InChI=1S/C30H34N4O3S/c1-5-34-28(23-11-17-26(37-4)18-12-23)27(22-9-15-25(36-3)16-10-22)33-30(34)38-20-6-19-31-29(35)32-24-13-7-21(2)8-14-24/h7-18H,5-6,19-20H2,1-4H3,(H2,31,32,35). The van der Waals surface area contributed by atoms with Crippen molar-refractivity contribution < 1.29 is 14.3 Å². The lowest BCUT2D eigenvalue weighted by Crippen LogP contribution is -2.29. The van der Waals surface area contributed by atoms with Crippen molar-refractivity contribution in [2.75, 3.05) is 31.8 Å². The normalized spacial score (nSPS) is 10.7. The Morgan fingerprint density at radius 3 is 2.08 bits per heavy atom. The topological polar surface area (TPSA) is 77.4 Å². The van der Waals surface area contributed by atoms with Crippen molar-refractivity contribution in [3.63, 3.8) is 0 Å². The molecule has 8 heteroatoms. The number of rotatable bonds is 11. The average molecular weight is 531 g/mol. The van der Waals surface area contributed by atoms with Crippen LogP contribution in [0.2, 0.25) is 0 Å². The number of anilines is 1. The van der Waals surface area contributed by atoms with Gasteiger partial charge in [-0.3, -0.25) is 0 Å². The SMILES string of the molecule is CCn1c(SCCCNC(=O)Nc2ccc(C)cc2)nc(-c2ccc(OC)cc2)c1-c1ccc(OC)cc1. The second-order valence-electron chi connectivity index (χ2n) is 8.74. The molecule has 0 aliphatic heterocycles. The van der Waals surface area contributed by atoms with Crippen LogP contribution in [0.1, 0.15) is 18.9 Å². The van der Waals surface area contributed by atoms with E-state index in [2.05, 4.69) is 34.3 Å². The number of amides is 2. The first-order valence-corrected chi connectivity index (χ1v) is 13.6. The van der Waals surface area contributed by atoms with Gasteiger partial charge in [-0.05, 0) is 80.9 Å².